The first-order valence-corrected chi connectivity index (χ1v) is 6.47. The van der Waals surface area contributed by atoms with E-state index in [9.17, 15) is 0 Å². The second kappa shape index (κ2) is 7.19. The third-order valence-corrected chi connectivity index (χ3v) is 3.17. The van der Waals surface area contributed by atoms with Gasteiger partial charge in [0, 0.05) is 5.75 Å². The monoisotopic (exact) mass is 235 g/mol. The van der Waals surface area contributed by atoms with Crippen LogP contribution in [0.1, 0.15) is 24.5 Å². The zero-order valence-electron chi connectivity index (χ0n) is 9.82. The van der Waals surface area contributed by atoms with Gasteiger partial charge in [-0.2, -0.15) is 5.26 Å². The predicted octanol–water partition coefficient (Wildman–Crippen LogP) is 3.40. The Hall–Kier alpha value is -1.14. The minimum absolute atomic E-state index is 0.908. The zero-order chi connectivity index (χ0) is 11.8. The third-order valence-electron chi connectivity index (χ3n) is 2.55. The Morgan fingerprint density at radius 2 is 2.19 bits per heavy atom. The van der Waals surface area contributed by atoms with Crippen molar-refractivity contribution in [3.8, 4) is 11.2 Å². The minimum atomic E-state index is 0.908. The summed E-state index contributed by atoms with van der Waals surface area (Å²) in [5, 5.41) is 10.5. The molecule has 0 aromatic heterocycles. The van der Waals surface area contributed by atoms with Gasteiger partial charge in [-0.25, -0.2) is 0 Å². The molecule has 0 fully saturated rings. The van der Waals surface area contributed by atoms with Crippen molar-refractivity contribution >= 4 is 11.8 Å². The molecular weight excluding hydrogens is 218 g/mol. The van der Waals surface area contributed by atoms with Gasteiger partial charge in [0.05, 0.1) is 7.11 Å². The van der Waals surface area contributed by atoms with Crippen LogP contribution < -0.4 is 4.74 Å². The number of thioether (sulfide) groups is 1. The normalized spacial score (nSPS) is 9.81. The van der Waals surface area contributed by atoms with Crippen molar-refractivity contribution in [2.75, 3.05) is 12.9 Å². The van der Waals surface area contributed by atoms with Gasteiger partial charge in [-0.3, -0.25) is 0 Å². The lowest BCUT2D eigenvalue weighted by Crippen LogP contribution is -1.95. The molecule has 1 aromatic carbocycles. The number of nitrogens with zero attached hydrogens (tertiary/aromatic N) is 1. The van der Waals surface area contributed by atoms with E-state index in [2.05, 4.69) is 24.5 Å². The Morgan fingerprint density at radius 1 is 1.38 bits per heavy atom. The van der Waals surface area contributed by atoms with Crippen LogP contribution in [0.2, 0.25) is 0 Å². The molecule has 0 aliphatic rings. The zero-order valence-corrected chi connectivity index (χ0v) is 10.6. The summed E-state index contributed by atoms with van der Waals surface area (Å²) < 4.78 is 5.21. The van der Waals surface area contributed by atoms with E-state index in [1.54, 1.807) is 7.11 Å². The largest absolute Gasteiger partial charge is 0.497 e. The van der Waals surface area contributed by atoms with Crippen LogP contribution in [0.3, 0.4) is 0 Å². The fraction of sp³-hybridized carbons (Fsp3) is 0.462. The molecule has 0 unspecified atom stereocenters. The topological polar surface area (TPSA) is 33.0 Å². The minimum Gasteiger partial charge on any atom is -0.497 e. The van der Waals surface area contributed by atoms with Crippen LogP contribution in [0.4, 0.5) is 0 Å². The first-order chi connectivity index (χ1) is 7.81. The number of hydrogen-bond donors (Lipinski definition) is 0. The first-order valence-electron chi connectivity index (χ1n) is 5.48. The summed E-state index contributed by atoms with van der Waals surface area (Å²) in [6, 6.07) is 6.24. The highest BCUT2D eigenvalue weighted by Crippen LogP contribution is 2.20. The number of aryl methyl sites for hydroxylation is 2. The molecule has 0 spiro atoms. The number of rotatable bonds is 6. The Labute approximate surface area is 102 Å². The second-order valence-electron chi connectivity index (χ2n) is 3.53. The molecule has 0 radical (unpaired) electrons. The number of hydrogen-bond acceptors (Lipinski definition) is 3. The standard InChI is InChI=1S/C13H17NOS/c1-3-11-9-13(15-2)7-6-12(11)5-4-8-16-10-14/h6-7,9H,3-5,8H2,1-2H3. The number of benzene rings is 1. The van der Waals surface area contributed by atoms with Gasteiger partial charge < -0.3 is 4.74 Å². The van der Waals surface area contributed by atoms with Crippen molar-refractivity contribution in [2.45, 2.75) is 26.2 Å². The second-order valence-corrected chi connectivity index (χ2v) is 4.41. The maximum atomic E-state index is 8.43. The van der Waals surface area contributed by atoms with Crippen LogP contribution in [0.5, 0.6) is 5.75 Å². The molecule has 0 aliphatic heterocycles. The van der Waals surface area contributed by atoms with Crippen LogP contribution in [0.15, 0.2) is 18.2 Å². The smallest absolute Gasteiger partial charge is 0.133 e. The van der Waals surface area contributed by atoms with E-state index in [-0.39, 0.29) is 0 Å². The Kier molecular flexibility index (Phi) is 5.81. The molecule has 0 saturated heterocycles. The van der Waals surface area contributed by atoms with Gasteiger partial charge in [-0.1, -0.05) is 13.0 Å². The molecule has 0 amide bonds. The third kappa shape index (κ3) is 3.79. The van der Waals surface area contributed by atoms with E-state index in [4.69, 9.17) is 10.00 Å². The molecule has 0 aliphatic carbocycles. The highest BCUT2D eigenvalue weighted by atomic mass is 32.2. The Balaban J connectivity index is 2.61. The molecule has 1 aromatic rings. The van der Waals surface area contributed by atoms with Crippen molar-refractivity contribution in [1.29, 1.82) is 5.26 Å². The van der Waals surface area contributed by atoms with Crippen LogP contribution >= 0.6 is 11.8 Å². The van der Waals surface area contributed by atoms with Gasteiger partial charge in [0.25, 0.3) is 0 Å². The lowest BCUT2D eigenvalue weighted by atomic mass is 10.0. The molecule has 3 heteroatoms. The van der Waals surface area contributed by atoms with Gasteiger partial charge in [-0.15, -0.1) is 0 Å². The van der Waals surface area contributed by atoms with Gasteiger partial charge in [0.2, 0.25) is 0 Å². The maximum Gasteiger partial charge on any atom is 0.133 e. The van der Waals surface area contributed by atoms with Crippen LogP contribution in [-0.2, 0) is 12.8 Å². The average molecular weight is 235 g/mol. The molecule has 16 heavy (non-hydrogen) atoms. The summed E-state index contributed by atoms with van der Waals surface area (Å²) >= 11 is 1.33. The summed E-state index contributed by atoms with van der Waals surface area (Å²) in [6.07, 6.45) is 3.12. The number of thiocyanates is 1. The molecule has 0 saturated carbocycles. The van der Waals surface area contributed by atoms with E-state index >= 15 is 0 Å². The summed E-state index contributed by atoms with van der Waals surface area (Å²) in [6.45, 7) is 2.16. The van der Waals surface area contributed by atoms with E-state index in [1.165, 1.54) is 22.9 Å². The van der Waals surface area contributed by atoms with Gasteiger partial charge in [-0.05, 0) is 54.3 Å². The average Bonchev–Trinajstić information content (AvgIpc) is 2.34. The van der Waals surface area contributed by atoms with Crippen molar-refractivity contribution in [2.24, 2.45) is 0 Å². The highest BCUT2D eigenvalue weighted by molar-refractivity contribution is 8.03. The number of nitriles is 1. The van der Waals surface area contributed by atoms with Crippen molar-refractivity contribution in [3.05, 3.63) is 29.3 Å². The lowest BCUT2D eigenvalue weighted by molar-refractivity contribution is 0.414. The van der Waals surface area contributed by atoms with Gasteiger partial charge in [0.15, 0.2) is 0 Å². The maximum absolute atomic E-state index is 8.43. The van der Waals surface area contributed by atoms with Crippen molar-refractivity contribution in [3.63, 3.8) is 0 Å². The number of methoxy groups -OCH3 is 1. The van der Waals surface area contributed by atoms with Gasteiger partial charge in [0.1, 0.15) is 11.2 Å². The molecule has 0 N–H and O–H groups in total. The first kappa shape index (κ1) is 12.9. The highest BCUT2D eigenvalue weighted by Gasteiger charge is 2.02. The molecule has 0 bridgehead atoms. The summed E-state index contributed by atoms with van der Waals surface area (Å²) in [7, 11) is 1.69. The lowest BCUT2D eigenvalue weighted by Gasteiger charge is -2.09. The van der Waals surface area contributed by atoms with Gasteiger partial charge >= 0.3 is 0 Å². The van der Waals surface area contributed by atoms with E-state index in [0.29, 0.717) is 0 Å². The fourth-order valence-electron chi connectivity index (χ4n) is 1.68. The Bertz CT molecular complexity index is 371. The quantitative estimate of drug-likeness (QED) is 0.559. The summed E-state index contributed by atoms with van der Waals surface area (Å²) in [5.41, 5.74) is 2.73. The SMILES string of the molecule is CCc1cc(OC)ccc1CCCSC#N. The van der Waals surface area contributed by atoms with Crippen molar-refractivity contribution in [1.82, 2.24) is 0 Å². The summed E-state index contributed by atoms with van der Waals surface area (Å²) in [4.78, 5) is 0. The van der Waals surface area contributed by atoms with Crippen molar-refractivity contribution < 1.29 is 4.74 Å². The van der Waals surface area contributed by atoms with E-state index in [0.717, 1.165) is 30.8 Å². The molecule has 1 rings (SSSR count). The Morgan fingerprint density at radius 3 is 2.81 bits per heavy atom. The number of ether oxygens (including phenoxy) is 1. The molecule has 2 nitrogen and oxygen atoms in total. The van der Waals surface area contributed by atoms with Crippen LogP contribution in [-0.4, -0.2) is 12.9 Å². The summed E-state index contributed by atoms with van der Waals surface area (Å²) in [5.74, 6) is 1.83. The molecule has 0 heterocycles. The van der Waals surface area contributed by atoms with E-state index < -0.39 is 0 Å². The van der Waals surface area contributed by atoms with Crippen LogP contribution in [0.25, 0.3) is 0 Å². The fourth-order valence-corrected chi connectivity index (χ4v) is 2.06. The predicted molar refractivity (Wildman–Crippen MR) is 68.8 cm³/mol. The molecule has 0 atom stereocenters. The molecular formula is C13H17NOS. The van der Waals surface area contributed by atoms with Crippen LogP contribution in [0, 0.1) is 10.7 Å². The van der Waals surface area contributed by atoms with E-state index in [1.807, 2.05) is 6.07 Å². The molecule has 86 valence electrons.